The molecule has 3 aromatic rings. The van der Waals surface area contributed by atoms with Gasteiger partial charge in [0, 0.05) is 12.6 Å². The lowest BCUT2D eigenvalue weighted by Crippen LogP contribution is -2.53. The van der Waals surface area contributed by atoms with Gasteiger partial charge in [-0.3, -0.25) is 13.9 Å². The van der Waals surface area contributed by atoms with E-state index in [9.17, 15) is 18.0 Å². The number of ether oxygens (including phenoxy) is 1. The van der Waals surface area contributed by atoms with E-state index < -0.39 is 34.3 Å². The van der Waals surface area contributed by atoms with E-state index in [-0.39, 0.29) is 29.1 Å². The predicted octanol–water partition coefficient (Wildman–Crippen LogP) is 4.90. The molecule has 3 aromatic carbocycles. The lowest BCUT2D eigenvalue weighted by molar-refractivity contribution is -0.140. The maximum Gasteiger partial charge on any atom is 0.264 e. The molecule has 0 aliphatic heterocycles. The van der Waals surface area contributed by atoms with E-state index in [0.717, 1.165) is 41.6 Å². The molecule has 1 fully saturated rings. The van der Waals surface area contributed by atoms with E-state index >= 15 is 4.39 Å². The Bertz CT molecular complexity index is 1430. The van der Waals surface area contributed by atoms with Crippen molar-refractivity contribution in [2.24, 2.45) is 0 Å². The number of hydrogen-bond donors (Lipinski definition) is 1. The standard InChI is InChI=1S/C31H36FN3O5S/c1-3-28(31(37)33-24-11-7-8-12-24)34(21-23-17-19-25(40-2)20-18-23)30(36)22-35(29-16-10-9-15-27(29)32)41(38,39)26-13-5-4-6-14-26/h4-6,9-10,13-20,24,28H,3,7-8,11-12,21-22H2,1-2H3,(H,33,37)/t28-/m1/s1. The third-order valence-electron chi connectivity index (χ3n) is 7.33. The topological polar surface area (TPSA) is 96.0 Å². The van der Waals surface area contributed by atoms with Crippen molar-refractivity contribution in [3.05, 3.63) is 90.2 Å². The minimum absolute atomic E-state index is 0.0443. The van der Waals surface area contributed by atoms with Gasteiger partial charge >= 0.3 is 0 Å². The highest BCUT2D eigenvalue weighted by atomic mass is 32.2. The molecule has 4 rings (SSSR count). The van der Waals surface area contributed by atoms with Crippen molar-refractivity contribution in [3.63, 3.8) is 0 Å². The molecular weight excluding hydrogens is 545 g/mol. The maximum absolute atomic E-state index is 15.0. The highest BCUT2D eigenvalue weighted by Gasteiger charge is 2.35. The second-order valence-corrected chi connectivity index (χ2v) is 11.9. The number of para-hydroxylation sites is 1. The predicted molar refractivity (Wildman–Crippen MR) is 155 cm³/mol. The number of anilines is 1. The van der Waals surface area contributed by atoms with Gasteiger partial charge in [-0.2, -0.15) is 0 Å². The van der Waals surface area contributed by atoms with Crippen molar-refractivity contribution < 1.29 is 27.1 Å². The Labute approximate surface area is 241 Å². The molecule has 10 heteroatoms. The molecule has 0 radical (unpaired) electrons. The van der Waals surface area contributed by atoms with Crippen LogP contribution in [0.2, 0.25) is 0 Å². The van der Waals surface area contributed by atoms with Crippen LogP contribution in [0.5, 0.6) is 5.75 Å². The fourth-order valence-corrected chi connectivity index (χ4v) is 6.54. The summed E-state index contributed by atoms with van der Waals surface area (Å²) in [5.41, 5.74) is 0.479. The van der Waals surface area contributed by atoms with Gasteiger partial charge in [-0.15, -0.1) is 0 Å². The number of carbonyl (C=O) groups excluding carboxylic acids is 2. The number of hydrogen-bond acceptors (Lipinski definition) is 5. The van der Waals surface area contributed by atoms with Crippen molar-refractivity contribution in [2.45, 2.75) is 62.6 Å². The van der Waals surface area contributed by atoms with Crippen LogP contribution in [0.1, 0.15) is 44.6 Å². The van der Waals surface area contributed by atoms with E-state index in [2.05, 4.69) is 5.32 Å². The quantitative estimate of drug-likeness (QED) is 0.329. The molecule has 1 aliphatic carbocycles. The average Bonchev–Trinajstić information content (AvgIpc) is 3.50. The SMILES string of the molecule is CC[C@H](C(=O)NC1CCCC1)N(Cc1ccc(OC)cc1)C(=O)CN(c1ccccc1F)S(=O)(=O)c1ccccc1. The Kier molecular flexibility index (Phi) is 9.99. The largest absolute Gasteiger partial charge is 0.497 e. The first kappa shape index (κ1) is 30.0. The number of sulfonamides is 1. The molecule has 1 aliphatic rings. The molecule has 41 heavy (non-hydrogen) atoms. The minimum Gasteiger partial charge on any atom is -0.497 e. The summed E-state index contributed by atoms with van der Waals surface area (Å²) in [6.07, 6.45) is 4.14. The monoisotopic (exact) mass is 581 g/mol. The first-order valence-electron chi connectivity index (χ1n) is 13.8. The Morgan fingerprint density at radius 2 is 1.61 bits per heavy atom. The van der Waals surface area contributed by atoms with Crippen LogP contribution in [-0.4, -0.2) is 50.9 Å². The fourth-order valence-electron chi connectivity index (χ4n) is 5.10. The summed E-state index contributed by atoms with van der Waals surface area (Å²) in [4.78, 5) is 28.9. The summed E-state index contributed by atoms with van der Waals surface area (Å²) >= 11 is 0. The molecule has 0 spiro atoms. The van der Waals surface area contributed by atoms with Gasteiger partial charge in [-0.25, -0.2) is 12.8 Å². The molecule has 0 saturated heterocycles. The fraction of sp³-hybridized carbons (Fsp3) is 0.355. The third-order valence-corrected chi connectivity index (χ3v) is 9.10. The van der Waals surface area contributed by atoms with Gasteiger partial charge in [0.2, 0.25) is 11.8 Å². The van der Waals surface area contributed by atoms with Crippen LogP contribution in [0.25, 0.3) is 0 Å². The molecule has 0 aromatic heterocycles. The second kappa shape index (κ2) is 13.6. The van der Waals surface area contributed by atoms with E-state index in [0.29, 0.717) is 12.2 Å². The normalized spacial score (nSPS) is 14.3. The lowest BCUT2D eigenvalue weighted by atomic mass is 10.1. The van der Waals surface area contributed by atoms with Gasteiger partial charge in [-0.1, -0.05) is 62.2 Å². The number of rotatable bonds is 12. The molecule has 0 bridgehead atoms. The van der Waals surface area contributed by atoms with Crippen molar-refractivity contribution in [2.75, 3.05) is 18.0 Å². The van der Waals surface area contributed by atoms with Gasteiger partial charge in [0.25, 0.3) is 10.0 Å². The van der Waals surface area contributed by atoms with Gasteiger partial charge in [0.15, 0.2) is 0 Å². The number of halogens is 1. The van der Waals surface area contributed by atoms with Crippen LogP contribution in [0.4, 0.5) is 10.1 Å². The highest BCUT2D eigenvalue weighted by molar-refractivity contribution is 7.92. The third kappa shape index (κ3) is 7.24. The summed E-state index contributed by atoms with van der Waals surface area (Å²) in [6.45, 7) is 1.17. The van der Waals surface area contributed by atoms with Crippen LogP contribution in [0, 0.1) is 5.82 Å². The number of carbonyl (C=O) groups is 2. The first-order valence-corrected chi connectivity index (χ1v) is 15.2. The molecule has 0 heterocycles. The minimum atomic E-state index is -4.33. The van der Waals surface area contributed by atoms with Crippen LogP contribution in [0.15, 0.2) is 83.8 Å². The zero-order valence-electron chi connectivity index (χ0n) is 23.3. The second-order valence-electron chi connectivity index (χ2n) is 10.1. The Hall–Kier alpha value is -3.92. The van der Waals surface area contributed by atoms with Crippen LogP contribution >= 0.6 is 0 Å². The number of amides is 2. The van der Waals surface area contributed by atoms with Crippen LogP contribution in [0.3, 0.4) is 0 Å². The van der Waals surface area contributed by atoms with Crippen LogP contribution in [-0.2, 0) is 26.2 Å². The first-order chi connectivity index (χ1) is 19.7. The Morgan fingerprint density at radius 1 is 0.976 bits per heavy atom. The summed E-state index contributed by atoms with van der Waals surface area (Å²) in [6, 6.07) is 19.3. The Balaban J connectivity index is 1.71. The van der Waals surface area contributed by atoms with Gasteiger partial charge in [-0.05, 0) is 61.2 Å². The van der Waals surface area contributed by atoms with E-state index in [4.69, 9.17) is 4.74 Å². The summed E-state index contributed by atoms with van der Waals surface area (Å²) < 4.78 is 48.6. The van der Waals surface area contributed by atoms with Gasteiger partial charge in [0.05, 0.1) is 17.7 Å². The zero-order chi connectivity index (χ0) is 29.4. The van der Waals surface area contributed by atoms with Crippen molar-refractivity contribution in [3.8, 4) is 5.75 Å². The summed E-state index contributed by atoms with van der Waals surface area (Å²) in [5, 5.41) is 3.07. The van der Waals surface area contributed by atoms with E-state index in [1.165, 1.54) is 35.2 Å². The number of methoxy groups -OCH3 is 1. The molecular formula is C31H36FN3O5S. The lowest BCUT2D eigenvalue weighted by Gasteiger charge is -2.33. The van der Waals surface area contributed by atoms with E-state index in [1.807, 2.05) is 6.92 Å². The molecule has 1 atom stereocenters. The van der Waals surface area contributed by atoms with Crippen molar-refractivity contribution in [1.82, 2.24) is 10.2 Å². The average molecular weight is 582 g/mol. The van der Waals surface area contributed by atoms with Gasteiger partial charge < -0.3 is 15.0 Å². The maximum atomic E-state index is 15.0. The van der Waals surface area contributed by atoms with Crippen molar-refractivity contribution in [1.29, 1.82) is 0 Å². The number of nitrogens with zero attached hydrogens (tertiary/aromatic N) is 2. The molecule has 1 saturated carbocycles. The number of benzene rings is 3. The summed E-state index contributed by atoms with van der Waals surface area (Å²) in [7, 11) is -2.78. The van der Waals surface area contributed by atoms with Crippen molar-refractivity contribution >= 4 is 27.5 Å². The Morgan fingerprint density at radius 3 is 2.22 bits per heavy atom. The molecule has 2 amide bonds. The molecule has 8 nitrogen and oxygen atoms in total. The number of nitrogens with one attached hydrogen (secondary N) is 1. The highest BCUT2D eigenvalue weighted by Crippen LogP contribution is 2.27. The molecule has 0 unspecified atom stereocenters. The zero-order valence-corrected chi connectivity index (χ0v) is 24.1. The molecule has 1 N–H and O–H groups in total. The van der Waals surface area contributed by atoms with Gasteiger partial charge in [0.1, 0.15) is 24.2 Å². The van der Waals surface area contributed by atoms with E-state index in [1.54, 1.807) is 49.6 Å². The molecule has 218 valence electrons. The van der Waals surface area contributed by atoms with Crippen LogP contribution < -0.4 is 14.4 Å². The smallest absolute Gasteiger partial charge is 0.264 e. The summed E-state index contributed by atoms with van der Waals surface area (Å²) in [5.74, 6) is -1.06.